The highest BCUT2D eigenvalue weighted by Gasteiger charge is 2.33. The maximum atomic E-state index is 13.5. The van der Waals surface area contributed by atoms with E-state index in [4.69, 9.17) is 28.3 Å². The lowest BCUT2D eigenvalue weighted by atomic mass is 9.90. The molecule has 572 valence electrons. The Labute approximate surface area is 627 Å². The Morgan fingerprint density at radius 3 is 1.14 bits per heavy atom. The van der Waals surface area contributed by atoms with E-state index in [0.717, 1.165) is 140 Å². The van der Waals surface area contributed by atoms with Crippen molar-refractivity contribution in [1.29, 1.82) is 0 Å². The van der Waals surface area contributed by atoms with Crippen molar-refractivity contribution in [2.45, 2.75) is 69.1 Å². The van der Waals surface area contributed by atoms with E-state index < -0.39 is 61.4 Å². The maximum absolute atomic E-state index is 13.5. The molecule has 0 radical (unpaired) electrons. The molecule has 0 bridgehead atoms. The minimum Gasteiger partial charge on any atom is -0.361 e. The second kappa shape index (κ2) is 32.8. The maximum Gasteiger partial charge on any atom is 0.281 e. The Balaban J connectivity index is 0.000000132. The molecule has 32 heteroatoms. The van der Waals surface area contributed by atoms with Crippen molar-refractivity contribution in [2.24, 2.45) is 5.14 Å². The summed E-state index contributed by atoms with van der Waals surface area (Å²) >= 11 is 11.8. The summed E-state index contributed by atoms with van der Waals surface area (Å²) < 4.78 is 162. The average molecular weight is 1600 g/mol. The predicted molar refractivity (Wildman–Crippen MR) is 427 cm³/mol. The summed E-state index contributed by atoms with van der Waals surface area (Å²) in [5.74, 6) is 10.4. The third-order valence-corrected chi connectivity index (χ3v) is 28.8. The van der Waals surface area contributed by atoms with Crippen LogP contribution in [0.1, 0.15) is 96.9 Å². The first-order chi connectivity index (χ1) is 50.0. The van der Waals surface area contributed by atoms with Crippen molar-refractivity contribution >= 4 is 156 Å². The van der Waals surface area contributed by atoms with Gasteiger partial charge in [-0.3, -0.25) is 8.42 Å². The molecule has 5 aromatic heterocycles. The number of fused-ring (bicyclic) bond motifs is 5. The number of nitrogens with zero attached hydrogens (tertiary/aromatic N) is 7. The molecular weight excluding hydrogens is 1510 g/mol. The number of aromatic amines is 5. The first-order valence-electron chi connectivity index (χ1n) is 34.5. The molecule has 20 nitrogen and oxygen atoms in total. The summed E-state index contributed by atoms with van der Waals surface area (Å²) in [6.07, 6.45) is 23.4. The second-order valence-corrected chi connectivity index (χ2v) is 39.7. The smallest absolute Gasteiger partial charge is 0.281 e. The predicted octanol–water partition coefficient (Wildman–Crippen LogP) is 13.2. The fourth-order valence-electron chi connectivity index (χ4n) is 14.4. The SMILES string of the molecule is C=S(C)(=O)N1CC=C(c2c[nH]c3cc(F)c(Cl)cc23)CC1.C=S(C)(=O)N1CCC(c2c[nH]c3cc(F)c(Cl)cc23)CC1.C=S(N)(=O)N1CCC(c2c[nH]c3cc(F)ccc23)CC1.CN(C)S(=O)(=O)N1CC=C(c2c[nH]c3cc(F)ccc23)CC1.CN(C)S(=O)(=O)N1CCC(c2c[nH]c3cc(F)ccc23)CC1. The molecule has 0 saturated carbocycles. The molecule has 3 fully saturated rings. The first-order valence-corrected chi connectivity index (χ1v) is 43.9. The minimum atomic E-state index is -3.38. The molecule has 5 aliphatic heterocycles. The zero-order valence-electron chi connectivity index (χ0n) is 59.9. The van der Waals surface area contributed by atoms with E-state index in [9.17, 15) is 51.4 Å². The number of hydrogen-bond donors (Lipinski definition) is 6. The lowest BCUT2D eigenvalue weighted by Crippen LogP contribution is -2.44. The largest absolute Gasteiger partial charge is 0.361 e. The van der Waals surface area contributed by atoms with Crippen molar-refractivity contribution in [3.05, 3.63) is 189 Å². The van der Waals surface area contributed by atoms with Crippen LogP contribution in [0.3, 0.4) is 0 Å². The van der Waals surface area contributed by atoms with E-state index in [2.05, 4.69) is 48.6 Å². The molecule has 0 amide bonds. The minimum absolute atomic E-state index is 0.121. The van der Waals surface area contributed by atoms with Gasteiger partial charge in [0.25, 0.3) is 20.4 Å². The molecule has 10 heterocycles. The lowest BCUT2D eigenvalue weighted by Gasteiger charge is -2.32. The number of benzene rings is 5. The van der Waals surface area contributed by atoms with Gasteiger partial charge < -0.3 is 24.9 Å². The van der Waals surface area contributed by atoms with Crippen LogP contribution in [0.4, 0.5) is 22.0 Å². The summed E-state index contributed by atoms with van der Waals surface area (Å²) in [6.45, 7) is 6.02. The molecule has 5 aliphatic rings. The van der Waals surface area contributed by atoms with Crippen LogP contribution in [0.5, 0.6) is 0 Å². The van der Waals surface area contributed by atoms with Gasteiger partial charge in [-0.2, -0.15) is 34.1 Å². The van der Waals surface area contributed by atoms with Crippen LogP contribution in [0.15, 0.2) is 122 Å². The van der Waals surface area contributed by atoms with Crippen molar-refractivity contribution in [1.82, 2.24) is 55.1 Å². The molecular formula is C74H90Cl2F5N13O7S5. The summed E-state index contributed by atoms with van der Waals surface area (Å²) in [5, 5.41) is 10.8. The third kappa shape index (κ3) is 18.4. The number of H-pyrrole nitrogens is 5. The number of aromatic nitrogens is 5. The first kappa shape index (κ1) is 80.2. The number of rotatable bonds is 12. The Kier molecular flexibility index (Phi) is 24.8. The van der Waals surface area contributed by atoms with E-state index in [1.807, 2.05) is 51.7 Å². The molecule has 3 saturated heterocycles. The zero-order chi connectivity index (χ0) is 76.5. The molecule has 15 rings (SSSR count). The van der Waals surface area contributed by atoms with Gasteiger partial charge in [0, 0.05) is 222 Å². The van der Waals surface area contributed by atoms with E-state index in [-0.39, 0.29) is 27.5 Å². The molecule has 3 unspecified atom stereocenters. The highest BCUT2D eigenvalue weighted by molar-refractivity contribution is 7.97. The molecule has 5 aromatic carbocycles. The number of nitrogens with one attached hydrogen (secondary N) is 5. The average Bonchev–Trinajstić information content (AvgIpc) is 1.65. The van der Waals surface area contributed by atoms with Gasteiger partial charge in [-0.05, 0) is 193 Å². The van der Waals surface area contributed by atoms with Crippen LogP contribution in [-0.4, -0.2) is 208 Å². The quantitative estimate of drug-likeness (QED) is 0.0509. The van der Waals surface area contributed by atoms with Crippen LogP contribution in [0.2, 0.25) is 10.0 Å². The number of nitrogens with two attached hydrogens (primary N) is 1. The van der Waals surface area contributed by atoms with Gasteiger partial charge >= 0.3 is 0 Å². The van der Waals surface area contributed by atoms with Gasteiger partial charge in [-0.1, -0.05) is 35.4 Å². The van der Waals surface area contributed by atoms with Gasteiger partial charge in [0.2, 0.25) is 0 Å². The molecule has 0 spiro atoms. The summed E-state index contributed by atoms with van der Waals surface area (Å²) in [6, 6.07) is 20.4. The van der Waals surface area contributed by atoms with E-state index in [0.29, 0.717) is 76.5 Å². The zero-order valence-corrected chi connectivity index (χ0v) is 65.5. The van der Waals surface area contributed by atoms with E-state index in [1.165, 1.54) is 91.0 Å². The summed E-state index contributed by atoms with van der Waals surface area (Å²) in [7, 11) is -7.41. The molecule has 10 aromatic rings. The molecule has 106 heavy (non-hydrogen) atoms. The number of hydrogen-bond acceptors (Lipinski definition) is 7. The molecule has 7 N–H and O–H groups in total. The lowest BCUT2D eigenvalue weighted by molar-refractivity contribution is 0.303. The Hall–Kier alpha value is -6.85. The fourth-order valence-corrected chi connectivity index (χ4v) is 19.6. The van der Waals surface area contributed by atoms with Crippen molar-refractivity contribution < 1.29 is 51.4 Å². The van der Waals surface area contributed by atoms with Crippen LogP contribution >= 0.6 is 23.2 Å². The second-order valence-electron chi connectivity index (χ2n) is 27.8. The van der Waals surface area contributed by atoms with Crippen LogP contribution < -0.4 is 5.14 Å². The van der Waals surface area contributed by atoms with Gasteiger partial charge in [0.1, 0.15) is 29.1 Å². The molecule has 3 atom stereocenters. The van der Waals surface area contributed by atoms with Crippen molar-refractivity contribution in [3.63, 3.8) is 0 Å². The highest BCUT2D eigenvalue weighted by atomic mass is 35.5. The van der Waals surface area contributed by atoms with Gasteiger partial charge in [0.15, 0.2) is 0 Å². The van der Waals surface area contributed by atoms with Crippen molar-refractivity contribution in [2.75, 3.05) is 106 Å². The Morgan fingerprint density at radius 2 is 0.745 bits per heavy atom. The highest BCUT2D eigenvalue weighted by Crippen LogP contribution is 2.39. The normalized spacial score (nSPS) is 19.3. The third-order valence-electron chi connectivity index (χ3n) is 20.3. The fraction of sp³-hybridized carbons (Fsp3) is 0.365. The van der Waals surface area contributed by atoms with Gasteiger partial charge in [0.05, 0.1) is 19.9 Å². The number of piperidine rings is 3. The topological polar surface area (TPSA) is 247 Å². The summed E-state index contributed by atoms with van der Waals surface area (Å²) in [4.78, 5) is 15.5. The van der Waals surface area contributed by atoms with Crippen molar-refractivity contribution in [3.8, 4) is 0 Å². The van der Waals surface area contributed by atoms with Gasteiger partial charge in [-0.15, -0.1) is 0 Å². The summed E-state index contributed by atoms with van der Waals surface area (Å²) in [5.41, 5.74) is 11.7. The molecule has 0 aliphatic carbocycles. The van der Waals surface area contributed by atoms with E-state index >= 15 is 0 Å². The van der Waals surface area contributed by atoms with Gasteiger partial charge in [-0.25, -0.2) is 44.2 Å². The van der Waals surface area contributed by atoms with Crippen LogP contribution in [-0.2, 0) is 49.7 Å². The Morgan fingerprint density at radius 1 is 0.415 bits per heavy atom. The van der Waals surface area contributed by atoms with E-state index in [1.54, 1.807) is 55.2 Å². The Bertz CT molecular complexity index is 5540. The monoisotopic (exact) mass is 1600 g/mol. The van der Waals surface area contributed by atoms with Crippen LogP contribution in [0, 0.1) is 29.1 Å². The number of halogens is 7. The van der Waals surface area contributed by atoms with Crippen LogP contribution in [0.25, 0.3) is 65.7 Å². The standard InChI is InChI=1S/C15H18ClFN2OS.C15H16ClFN2OS.C15H20FN3O2S.C15H18FN3O2S.C14H18FN3OS/c2*1-21(2,20)19-5-3-10(4-6-19)12-9-18-15-8-14(17)13(16)7-11(12)15;2*1-18(2)22(20,21)19-7-5-11(6-8-19)14-10-17-15-9-12(16)3-4-13(14)15;1-20(16,19)18-6-4-10(5-7-18)13-9-17-14-8-11(15)2-3-12(13)14/h7-10,18H,1,3-6H2,2H3;3,7-9,18H,1,4-6H2,2H3;3-4,9-11,17H,5-8H2,1-2H3;3-5,9-10,17H,6-8H2,1-2H3;2-3,8-10,17H,1,4-7H2,(H2,16,19).